The molecule has 1 saturated heterocycles. The number of nitrogens with zero attached hydrogens (tertiary/aromatic N) is 5. The predicted octanol–water partition coefficient (Wildman–Crippen LogP) is 0.335. The van der Waals surface area contributed by atoms with Crippen molar-refractivity contribution in [1.29, 1.82) is 0 Å². The molecule has 0 amide bonds. The minimum atomic E-state index is -3.40. The Kier molecular flexibility index (Phi) is 6.40. The van der Waals surface area contributed by atoms with Crippen LogP contribution >= 0.6 is 0 Å². The summed E-state index contributed by atoms with van der Waals surface area (Å²) in [7, 11) is -1.66. The lowest BCUT2D eigenvalue weighted by Crippen LogP contribution is -2.54. The molecule has 10 heteroatoms. The van der Waals surface area contributed by atoms with Crippen molar-refractivity contribution in [3.05, 3.63) is 48.1 Å². The fourth-order valence-electron chi connectivity index (χ4n) is 2.97. The van der Waals surface area contributed by atoms with Gasteiger partial charge in [0.05, 0.1) is 5.69 Å². The highest BCUT2D eigenvalue weighted by Gasteiger charge is 2.28. The van der Waals surface area contributed by atoms with Crippen LogP contribution in [0.5, 0.6) is 0 Å². The highest BCUT2D eigenvalue weighted by molar-refractivity contribution is 7.88. The molecule has 0 aliphatic carbocycles. The van der Waals surface area contributed by atoms with Crippen LogP contribution in [-0.2, 0) is 22.2 Å². The molecule has 1 N–H and O–H groups in total. The number of sulfonamides is 1. The van der Waals surface area contributed by atoms with Crippen molar-refractivity contribution in [2.24, 2.45) is 4.99 Å². The van der Waals surface area contributed by atoms with Gasteiger partial charge in [-0.3, -0.25) is 9.98 Å². The Balaban J connectivity index is 1.48. The molecule has 1 fully saturated rings. The monoisotopic (exact) mass is 392 g/mol. The summed E-state index contributed by atoms with van der Waals surface area (Å²) in [6.45, 7) is 2.76. The lowest BCUT2D eigenvalue weighted by atomic mass is 10.2. The summed E-state index contributed by atoms with van der Waals surface area (Å²) in [4.78, 5) is 10.5. The van der Waals surface area contributed by atoms with Crippen LogP contribution in [0.1, 0.15) is 11.3 Å². The third kappa shape index (κ3) is 5.27. The summed E-state index contributed by atoms with van der Waals surface area (Å²) in [5, 5.41) is 7.02. The molecule has 1 aliphatic rings. The van der Waals surface area contributed by atoms with E-state index in [-0.39, 0.29) is 5.75 Å². The molecule has 9 nitrogen and oxygen atoms in total. The van der Waals surface area contributed by atoms with Crippen molar-refractivity contribution in [3.8, 4) is 0 Å². The van der Waals surface area contributed by atoms with Gasteiger partial charge in [0.15, 0.2) is 5.96 Å². The van der Waals surface area contributed by atoms with E-state index >= 15 is 0 Å². The maximum atomic E-state index is 12.5. The number of rotatable bonds is 6. The molecule has 146 valence electrons. The van der Waals surface area contributed by atoms with E-state index in [9.17, 15) is 8.42 Å². The smallest absolute Gasteiger partial charge is 0.220 e. The number of aromatic nitrogens is 2. The Morgan fingerprint density at radius 1 is 1.30 bits per heavy atom. The summed E-state index contributed by atoms with van der Waals surface area (Å²) in [6, 6.07) is 5.53. The summed E-state index contributed by atoms with van der Waals surface area (Å²) >= 11 is 0. The van der Waals surface area contributed by atoms with E-state index in [1.54, 1.807) is 19.3 Å². The first-order valence-electron chi connectivity index (χ1n) is 8.80. The normalized spacial score (nSPS) is 16.5. The lowest BCUT2D eigenvalue weighted by Gasteiger charge is -2.35. The van der Waals surface area contributed by atoms with Gasteiger partial charge in [-0.25, -0.2) is 8.42 Å². The third-order valence-electron chi connectivity index (χ3n) is 4.38. The molecule has 0 unspecified atom stereocenters. The van der Waals surface area contributed by atoms with Crippen LogP contribution in [0.15, 0.2) is 46.4 Å². The van der Waals surface area contributed by atoms with Crippen LogP contribution in [-0.4, -0.2) is 73.5 Å². The van der Waals surface area contributed by atoms with Crippen LogP contribution in [0.2, 0.25) is 0 Å². The van der Waals surface area contributed by atoms with Crippen molar-refractivity contribution in [3.63, 3.8) is 0 Å². The molecule has 2 aromatic rings. The highest BCUT2D eigenvalue weighted by atomic mass is 32.2. The van der Waals surface area contributed by atoms with Crippen LogP contribution < -0.4 is 5.32 Å². The Labute approximate surface area is 159 Å². The molecule has 0 bridgehead atoms. The largest absolute Gasteiger partial charge is 0.364 e. The van der Waals surface area contributed by atoms with Gasteiger partial charge in [-0.15, -0.1) is 0 Å². The minimum Gasteiger partial charge on any atom is -0.364 e. The minimum absolute atomic E-state index is 0.137. The second-order valence-corrected chi connectivity index (χ2v) is 8.19. The molecule has 0 aromatic carbocycles. The van der Waals surface area contributed by atoms with E-state index in [2.05, 4.69) is 25.3 Å². The second-order valence-electron chi connectivity index (χ2n) is 6.22. The molecule has 1 aliphatic heterocycles. The van der Waals surface area contributed by atoms with E-state index in [1.165, 1.54) is 10.6 Å². The Morgan fingerprint density at radius 2 is 2.11 bits per heavy atom. The first-order valence-corrected chi connectivity index (χ1v) is 10.4. The first-order chi connectivity index (χ1) is 13.1. The maximum Gasteiger partial charge on any atom is 0.220 e. The molecule has 3 heterocycles. The van der Waals surface area contributed by atoms with Crippen molar-refractivity contribution < 1.29 is 12.9 Å². The molecule has 0 spiro atoms. The van der Waals surface area contributed by atoms with E-state index in [4.69, 9.17) is 4.52 Å². The average Bonchev–Trinajstić information content (AvgIpc) is 3.18. The van der Waals surface area contributed by atoms with Crippen LogP contribution in [0.25, 0.3) is 0 Å². The molecule has 0 radical (unpaired) electrons. The average molecular weight is 392 g/mol. The molecular formula is C17H24N6O3S. The number of hydrogen-bond donors (Lipinski definition) is 1. The number of pyridine rings is 1. The summed E-state index contributed by atoms with van der Waals surface area (Å²) in [6.07, 6.45) is 5.83. The van der Waals surface area contributed by atoms with Gasteiger partial charge in [0.25, 0.3) is 0 Å². The van der Waals surface area contributed by atoms with Crippen molar-refractivity contribution in [1.82, 2.24) is 24.7 Å². The fourth-order valence-corrected chi connectivity index (χ4v) is 4.39. The van der Waals surface area contributed by atoms with Gasteiger partial charge in [0.1, 0.15) is 12.0 Å². The molecule has 2 aromatic heterocycles. The summed E-state index contributed by atoms with van der Waals surface area (Å²) in [5.74, 6) is 0.647. The number of guanidine groups is 1. The quantitative estimate of drug-likeness (QED) is 0.558. The number of nitrogens with one attached hydrogen (secondary N) is 1. The van der Waals surface area contributed by atoms with Crippen molar-refractivity contribution in [2.45, 2.75) is 12.2 Å². The number of hydrogen-bond acceptors (Lipinski definition) is 6. The van der Waals surface area contributed by atoms with Crippen LogP contribution in [0.4, 0.5) is 0 Å². The predicted molar refractivity (Wildman–Crippen MR) is 102 cm³/mol. The highest BCUT2D eigenvalue weighted by Crippen LogP contribution is 2.12. The van der Waals surface area contributed by atoms with Gasteiger partial charge in [-0.05, 0) is 18.1 Å². The van der Waals surface area contributed by atoms with E-state index in [0.717, 1.165) is 24.5 Å². The van der Waals surface area contributed by atoms with Crippen LogP contribution in [0.3, 0.4) is 0 Å². The Morgan fingerprint density at radius 3 is 2.74 bits per heavy atom. The zero-order valence-corrected chi connectivity index (χ0v) is 16.1. The standard InChI is InChI=1S/C17H24N6O3S/c1-18-17(20-7-4-15-3-2-6-19-13-15)22-8-10-23(11-9-22)27(24,25)14-16-5-12-26-21-16/h2-3,5-6,12-13H,4,7-11,14H2,1H3,(H,18,20). The molecule has 3 rings (SSSR count). The zero-order chi connectivity index (χ0) is 19.1. The summed E-state index contributed by atoms with van der Waals surface area (Å²) in [5.41, 5.74) is 1.58. The van der Waals surface area contributed by atoms with Gasteiger partial charge in [-0.1, -0.05) is 11.2 Å². The fraction of sp³-hybridized carbons (Fsp3) is 0.471. The molecular weight excluding hydrogens is 368 g/mol. The topological polar surface area (TPSA) is 104 Å². The maximum absolute atomic E-state index is 12.5. The second kappa shape index (κ2) is 8.96. The molecule has 0 atom stereocenters. The summed E-state index contributed by atoms with van der Waals surface area (Å²) < 4.78 is 31.2. The van der Waals surface area contributed by atoms with Gasteiger partial charge in [0.2, 0.25) is 10.0 Å². The van der Waals surface area contributed by atoms with Crippen LogP contribution in [0, 0.1) is 0 Å². The SMILES string of the molecule is CN=C(NCCc1cccnc1)N1CCN(S(=O)(=O)Cc2ccon2)CC1. The Bertz CT molecular complexity index is 831. The Hall–Kier alpha value is -2.46. The van der Waals surface area contributed by atoms with Crippen molar-refractivity contribution >= 4 is 16.0 Å². The first kappa shape index (κ1) is 19.3. The molecule has 27 heavy (non-hydrogen) atoms. The van der Waals surface area contributed by atoms with Gasteiger partial charge in [-0.2, -0.15) is 4.31 Å². The van der Waals surface area contributed by atoms with E-state index in [0.29, 0.717) is 31.9 Å². The van der Waals surface area contributed by atoms with Gasteiger partial charge in [0, 0.05) is 58.2 Å². The number of piperazine rings is 1. The van der Waals surface area contributed by atoms with E-state index in [1.807, 2.05) is 18.3 Å². The van der Waals surface area contributed by atoms with Gasteiger partial charge < -0.3 is 14.7 Å². The van der Waals surface area contributed by atoms with E-state index < -0.39 is 10.0 Å². The third-order valence-corrected chi connectivity index (χ3v) is 6.20. The molecule has 0 saturated carbocycles. The number of aliphatic imine (C=N–C) groups is 1. The lowest BCUT2D eigenvalue weighted by molar-refractivity contribution is 0.260. The van der Waals surface area contributed by atoms with Crippen molar-refractivity contribution in [2.75, 3.05) is 39.8 Å². The zero-order valence-electron chi connectivity index (χ0n) is 15.3. The van der Waals surface area contributed by atoms with Gasteiger partial charge >= 0.3 is 0 Å².